The molecule has 1 unspecified atom stereocenters. The van der Waals surface area contributed by atoms with Crippen molar-refractivity contribution in [3.63, 3.8) is 0 Å². The molecule has 136 valence electrons. The Hall–Kier alpha value is -1.71. The average molecular weight is 403 g/mol. The standard InChI is InChI=1S/C15H19ClN4O3S2/c1-8(2)17-14(21)10(4)13-18-15(24-19-13)20-25(22,23)12-7-5-6-11(16)9(12)3/h5-8,10H,1-4H3,(H,17,21)(H,18,19,20). The van der Waals surface area contributed by atoms with Gasteiger partial charge in [0.1, 0.15) is 0 Å². The predicted molar refractivity (Wildman–Crippen MR) is 98.6 cm³/mol. The van der Waals surface area contributed by atoms with Crippen LogP contribution in [0.1, 0.15) is 38.1 Å². The minimum Gasteiger partial charge on any atom is -0.353 e. The summed E-state index contributed by atoms with van der Waals surface area (Å²) in [6.07, 6.45) is 0. The maximum absolute atomic E-state index is 12.5. The van der Waals surface area contributed by atoms with E-state index in [-0.39, 0.29) is 27.8 Å². The van der Waals surface area contributed by atoms with Crippen LogP contribution in [-0.2, 0) is 14.8 Å². The van der Waals surface area contributed by atoms with Gasteiger partial charge in [0.05, 0.1) is 10.8 Å². The molecule has 1 aromatic carbocycles. The van der Waals surface area contributed by atoms with Crippen LogP contribution in [0.4, 0.5) is 5.13 Å². The molecule has 0 aliphatic carbocycles. The largest absolute Gasteiger partial charge is 0.353 e. The van der Waals surface area contributed by atoms with Gasteiger partial charge in [-0.15, -0.1) is 0 Å². The lowest BCUT2D eigenvalue weighted by molar-refractivity contribution is -0.122. The predicted octanol–water partition coefficient (Wildman–Crippen LogP) is 2.93. The van der Waals surface area contributed by atoms with E-state index in [1.807, 2.05) is 13.8 Å². The first-order chi connectivity index (χ1) is 11.6. The van der Waals surface area contributed by atoms with E-state index in [1.165, 1.54) is 6.07 Å². The van der Waals surface area contributed by atoms with Crippen LogP contribution in [0, 0.1) is 6.92 Å². The van der Waals surface area contributed by atoms with E-state index in [2.05, 4.69) is 19.4 Å². The van der Waals surface area contributed by atoms with Gasteiger partial charge in [0.2, 0.25) is 11.0 Å². The van der Waals surface area contributed by atoms with Crippen molar-refractivity contribution < 1.29 is 13.2 Å². The van der Waals surface area contributed by atoms with Gasteiger partial charge in [-0.05, 0) is 45.4 Å². The van der Waals surface area contributed by atoms with Crippen molar-refractivity contribution in [2.45, 2.75) is 44.6 Å². The van der Waals surface area contributed by atoms with Crippen molar-refractivity contribution in [1.29, 1.82) is 0 Å². The Morgan fingerprint density at radius 1 is 1.28 bits per heavy atom. The number of hydrogen-bond donors (Lipinski definition) is 2. The maximum Gasteiger partial charge on any atom is 0.264 e. The normalized spacial score (nSPS) is 12.9. The minimum atomic E-state index is -3.85. The van der Waals surface area contributed by atoms with Gasteiger partial charge in [-0.1, -0.05) is 17.7 Å². The molecule has 0 bridgehead atoms. The summed E-state index contributed by atoms with van der Waals surface area (Å²) >= 11 is 6.86. The van der Waals surface area contributed by atoms with Gasteiger partial charge in [-0.25, -0.2) is 13.4 Å². The molecule has 7 nitrogen and oxygen atoms in total. The molecule has 1 aromatic heterocycles. The van der Waals surface area contributed by atoms with Crippen LogP contribution in [0.25, 0.3) is 0 Å². The van der Waals surface area contributed by atoms with Gasteiger partial charge in [-0.3, -0.25) is 9.52 Å². The molecule has 0 aliphatic heterocycles. The second kappa shape index (κ2) is 7.67. The molecule has 10 heteroatoms. The monoisotopic (exact) mass is 402 g/mol. The third-order valence-electron chi connectivity index (χ3n) is 3.38. The van der Waals surface area contributed by atoms with E-state index >= 15 is 0 Å². The lowest BCUT2D eigenvalue weighted by Gasteiger charge is -2.11. The van der Waals surface area contributed by atoms with Gasteiger partial charge < -0.3 is 5.32 Å². The lowest BCUT2D eigenvalue weighted by atomic mass is 10.1. The van der Waals surface area contributed by atoms with E-state index in [0.29, 0.717) is 10.6 Å². The number of carbonyl (C=O) groups is 1. The molecular weight excluding hydrogens is 384 g/mol. The summed E-state index contributed by atoms with van der Waals surface area (Å²) in [5.74, 6) is -0.527. The van der Waals surface area contributed by atoms with E-state index in [1.54, 1.807) is 26.0 Å². The smallest absolute Gasteiger partial charge is 0.264 e. The minimum absolute atomic E-state index is 0.00244. The van der Waals surface area contributed by atoms with Crippen LogP contribution in [0.3, 0.4) is 0 Å². The van der Waals surface area contributed by atoms with Crippen molar-refractivity contribution >= 4 is 44.2 Å². The number of carbonyl (C=O) groups excluding carboxylic acids is 1. The van der Waals surface area contributed by atoms with E-state index in [4.69, 9.17) is 11.6 Å². The summed E-state index contributed by atoms with van der Waals surface area (Å²) < 4.78 is 31.5. The Labute approximate surface area is 156 Å². The van der Waals surface area contributed by atoms with Gasteiger partial charge in [0.15, 0.2) is 5.82 Å². The summed E-state index contributed by atoms with van der Waals surface area (Å²) in [7, 11) is -3.85. The molecule has 1 amide bonds. The fraction of sp³-hybridized carbons (Fsp3) is 0.400. The first-order valence-corrected chi connectivity index (χ1v) is 10.2. The fourth-order valence-corrected chi connectivity index (χ4v) is 4.41. The van der Waals surface area contributed by atoms with E-state index in [9.17, 15) is 13.2 Å². The van der Waals surface area contributed by atoms with E-state index < -0.39 is 15.9 Å². The zero-order valence-electron chi connectivity index (χ0n) is 14.2. The van der Waals surface area contributed by atoms with Crippen LogP contribution >= 0.6 is 23.1 Å². The van der Waals surface area contributed by atoms with Gasteiger partial charge in [0, 0.05) is 22.6 Å². The molecule has 2 N–H and O–H groups in total. The van der Waals surface area contributed by atoms with Crippen molar-refractivity contribution in [2.75, 3.05) is 4.72 Å². The molecule has 1 atom stereocenters. The number of anilines is 1. The number of rotatable bonds is 6. The third-order valence-corrected chi connectivity index (χ3v) is 6.05. The maximum atomic E-state index is 12.5. The zero-order chi connectivity index (χ0) is 18.8. The quantitative estimate of drug-likeness (QED) is 0.773. The molecular formula is C15H19ClN4O3S2. The highest BCUT2D eigenvalue weighted by atomic mass is 35.5. The van der Waals surface area contributed by atoms with Gasteiger partial charge >= 0.3 is 0 Å². The summed E-state index contributed by atoms with van der Waals surface area (Å²) in [4.78, 5) is 16.2. The number of nitrogens with zero attached hydrogens (tertiary/aromatic N) is 2. The van der Waals surface area contributed by atoms with Crippen LogP contribution in [-0.4, -0.2) is 29.7 Å². The summed E-state index contributed by atoms with van der Waals surface area (Å²) in [6.45, 7) is 7.00. The SMILES string of the molecule is Cc1c(Cl)cccc1S(=O)(=O)Nc1nc(C(C)C(=O)NC(C)C)ns1. The Kier molecular flexibility index (Phi) is 6.02. The van der Waals surface area contributed by atoms with Crippen molar-refractivity contribution in [3.05, 3.63) is 34.6 Å². The Morgan fingerprint density at radius 3 is 2.60 bits per heavy atom. The van der Waals surface area contributed by atoms with Crippen LogP contribution in [0.15, 0.2) is 23.1 Å². The first kappa shape index (κ1) is 19.6. The lowest BCUT2D eigenvalue weighted by Crippen LogP contribution is -2.33. The average Bonchev–Trinajstić information content (AvgIpc) is 2.96. The van der Waals surface area contributed by atoms with Crippen LogP contribution in [0.2, 0.25) is 5.02 Å². The number of sulfonamides is 1. The number of amides is 1. The van der Waals surface area contributed by atoms with Crippen LogP contribution < -0.4 is 10.0 Å². The first-order valence-electron chi connectivity index (χ1n) is 7.53. The molecule has 25 heavy (non-hydrogen) atoms. The summed E-state index contributed by atoms with van der Waals surface area (Å²) in [6, 6.07) is 4.64. The zero-order valence-corrected chi connectivity index (χ0v) is 16.6. The molecule has 2 aromatic rings. The Balaban J connectivity index is 2.20. The van der Waals surface area contributed by atoms with Crippen molar-refractivity contribution in [1.82, 2.24) is 14.7 Å². The number of hydrogen-bond acceptors (Lipinski definition) is 6. The molecule has 0 fully saturated rings. The Morgan fingerprint density at radius 2 is 1.96 bits per heavy atom. The molecule has 0 saturated carbocycles. The van der Waals surface area contributed by atoms with E-state index in [0.717, 1.165) is 11.5 Å². The highest BCUT2D eigenvalue weighted by molar-refractivity contribution is 7.93. The molecule has 0 radical (unpaired) electrons. The number of halogens is 1. The number of aromatic nitrogens is 2. The fourth-order valence-electron chi connectivity index (χ4n) is 2.03. The van der Waals surface area contributed by atoms with Crippen molar-refractivity contribution in [2.24, 2.45) is 0 Å². The van der Waals surface area contributed by atoms with Crippen molar-refractivity contribution in [3.8, 4) is 0 Å². The molecule has 0 saturated heterocycles. The highest BCUT2D eigenvalue weighted by Gasteiger charge is 2.23. The molecule has 0 spiro atoms. The van der Waals surface area contributed by atoms with Gasteiger partial charge in [-0.2, -0.15) is 4.37 Å². The summed E-state index contributed by atoms with van der Waals surface area (Å²) in [5.41, 5.74) is 0.450. The third kappa shape index (κ3) is 4.68. The number of nitrogens with one attached hydrogen (secondary N) is 2. The summed E-state index contributed by atoms with van der Waals surface area (Å²) in [5, 5.41) is 3.23. The van der Waals surface area contributed by atoms with Gasteiger partial charge in [0.25, 0.3) is 10.0 Å². The second-order valence-electron chi connectivity index (χ2n) is 5.81. The topological polar surface area (TPSA) is 101 Å². The molecule has 1 heterocycles. The molecule has 2 rings (SSSR count). The second-order valence-corrected chi connectivity index (χ2v) is 8.62. The highest BCUT2D eigenvalue weighted by Crippen LogP contribution is 2.26. The Bertz CT molecular complexity index is 881. The van der Waals surface area contributed by atoms with Crippen LogP contribution in [0.5, 0.6) is 0 Å². The number of benzene rings is 1. The molecule has 0 aliphatic rings.